The molecule has 0 aliphatic carbocycles. The highest BCUT2D eigenvalue weighted by Crippen LogP contribution is 2.45. The minimum absolute atomic E-state index is 0.00526. The maximum absolute atomic E-state index is 14.5. The van der Waals surface area contributed by atoms with E-state index in [1.54, 1.807) is 32.3 Å². The molecule has 1 unspecified atom stereocenters. The summed E-state index contributed by atoms with van der Waals surface area (Å²) in [4.78, 5) is 28.3. The van der Waals surface area contributed by atoms with Gasteiger partial charge in [0.1, 0.15) is 23.0 Å². The molecule has 1 aliphatic heterocycles. The molecule has 3 rings (SSSR count). The first-order chi connectivity index (χ1) is 15.0. The van der Waals surface area contributed by atoms with Gasteiger partial charge in [0.05, 0.1) is 21.4 Å². The van der Waals surface area contributed by atoms with E-state index < -0.39 is 17.8 Å². The van der Waals surface area contributed by atoms with Crippen molar-refractivity contribution in [3.63, 3.8) is 0 Å². The van der Waals surface area contributed by atoms with Gasteiger partial charge in [0.15, 0.2) is 0 Å². The highest BCUT2D eigenvalue weighted by Gasteiger charge is 2.43. The molecule has 0 saturated heterocycles. The molecule has 0 bridgehead atoms. The lowest BCUT2D eigenvalue weighted by Gasteiger charge is -2.29. The maximum atomic E-state index is 14.5. The Labute approximate surface area is 199 Å². The number of rotatable bonds is 5. The number of benzene rings is 1. The van der Waals surface area contributed by atoms with Crippen molar-refractivity contribution < 1.29 is 14.0 Å². The van der Waals surface area contributed by atoms with E-state index in [0.29, 0.717) is 21.4 Å². The molecule has 0 fully saturated rings. The fourth-order valence-corrected chi connectivity index (χ4v) is 4.86. The Kier molecular flexibility index (Phi) is 6.63. The Morgan fingerprint density at radius 1 is 1.38 bits per heavy atom. The van der Waals surface area contributed by atoms with Gasteiger partial charge >= 0.3 is 0 Å². The zero-order valence-corrected chi connectivity index (χ0v) is 20.3. The number of carbonyl (C=O) groups excluding carboxylic acids is 2. The van der Waals surface area contributed by atoms with Gasteiger partial charge in [-0.1, -0.05) is 24.2 Å². The number of hydrogen-bond donors (Lipinski definition) is 0. The number of fused-ring (bicyclic) bond motifs is 1. The topological polar surface area (TPSA) is 69.3 Å². The summed E-state index contributed by atoms with van der Waals surface area (Å²) in [5.74, 6) is -1.47. The number of amides is 2. The van der Waals surface area contributed by atoms with Gasteiger partial charge in [0.25, 0.3) is 11.8 Å². The smallest absolute Gasteiger partial charge is 0.264 e. The average Bonchev–Trinajstić information content (AvgIpc) is 3.20. The number of allylic oxidation sites excluding steroid dienone is 1. The summed E-state index contributed by atoms with van der Waals surface area (Å²) in [6.45, 7) is 7.90. The molecule has 166 valence electrons. The third-order valence-corrected chi connectivity index (χ3v) is 6.04. The summed E-state index contributed by atoms with van der Waals surface area (Å²) in [5.41, 5.74) is 1.65. The Hall–Kier alpha value is -2.89. The highest BCUT2D eigenvalue weighted by atomic mass is 79.9. The summed E-state index contributed by atoms with van der Waals surface area (Å²) < 4.78 is 17.2. The van der Waals surface area contributed by atoms with E-state index in [4.69, 9.17) is 16.9 Å². The third kappa shape index (κ3) is 3.98. The first kappa shape index (κ1) is 23.8. The Morgan fingerprint density at radius 3 is 2.56 bits per heavy atom. The van der Waals surface area contributed by atoms with Crippen molar-refractivity contribution in [3.8, 4) is 6.07 Å². The highest BCUT2D eigenvalue weighted by molar-refractivity contribution is 9.10. The van der Waals surface area contributed by atoms with Crippen molar-refractivity contribution in [1.29, 1.82) is 5.26 Å². The van der Waals surface area contributed by atoms with Crippen molar-refractivity contribution in [2.75, 3.05) is 14.1 Å². The van der Waals surface area contributed by atoms with Crippen LogP contribution in [0.3, 0.4) is 0 Å². The average molecular weight is 520 g/mol. The van der Waals surface area contributed by atoms with Crippen LogP contribution in [0, 0.1) is 17.1 Å². The normalized spacial score (nSPS) is 15.7. The Balaban J connectivity index is 2.20. The van der Waals surface area contributed by atoms with Crippen LogP contribution in [0.4, 0.5) is 4.39 Å². The fourth-order valence-electron chi connectivity index (χ4n) is 3.74. The summed E-state index contributed by atoms with van der Waals surface area (Å²) in [5, 5.41) is 8.98. The molecule has 0 radical (unpaired) electrons. The monoisotopic (exact) mass is 518 g/mol. The molecular weight excluding hydrogens is 499 g/mol. The molecule has 2 amide bonds. The molecule has 1 atom stereocenters. The van der Waals surface area contributed by atoms with Crippen LogP contribution in [0.5, 0.6) is 0 Å². The number of halogens is 3. The molecule has 2 heterocycles. The quantitative estimate of drug-likeness (QED) is 0.407. The molecule has 0 saturated carbocycles. The van der Waals surface area contributed by atoms with Gasteiger partial charge in [-0.2, -0.15) is 5.26 Å². The molecule has 0 spiro atoms. The van der Waals surface area contributed by atoms with E-state index in [1.807, 2.05) is 18.4 Å². The Morgan fingerprint density at radius 2 is 2.03 bits per heavy atom. The molecule has 0 N–H and O–H groups in total. The van der Waals surface area contributed by atoms with Crippen LogP contribution in [-0.2, 0) is 4.79 Å². The van der Waals surface area contributed by atoms with Gasteiger partial charge in [-0.3, -0.25) is 14.5 Å². The van der Waals surface area contributed by atoms with Crippen LogP contribution in [0.1, 0.15) is 53.1 Å². The number of nitriles is 1. The number of carbonyl (C=O) groups is 2. The predicted molar refractivity (Wildman–Crippen MR) is 123 cm³/mol. The van der Waals surface area contributed by atoms with Crippen LogP contribution in [0.15, 0.2) is 52.3 Å². The lowest BCUT2D eigenvalue weighted by atomic mass is 10.0. The maximum Gasteiger partial charge on any atom is 0.264 e. The minimum atomic E-state index is -0.726. The van der Waals surface area contributed by atoms with E-state index in [2.05, 4.69) is 22.5 Å². The third-order valence-electron chi connectivity index (χ3n) is 5.15. The second-order valence-corrected chi connectivity index (χ2v) is 9.06. The first-order valence-electron chi connectivity index (χ1n) is 9.71. The molecule has 6 nitrogen and oxygen atoms in total. The van der Waals surface area contributed by atoms with Crippen molar-refractivity contribution in [1.82, 2.24) is 14.4 Å². The van der Waals surface area contributed by atoms with Gasteiger partial charge in [0.2, 0.25) is 0 Å². The summed E-state index contributed by atoms with van der Waals surface area (Å²) in [6.07, 6.45) is 1.33. The lowest BCUT2D eigenvalue weighted by Crippen LogP contribution is -2.29. The summed E-state index contributed by atoms with van der Waals surface area (Å²) >= 11 is 9.67. The molecule has 1 aromatic carbocycles. The number of nitrogens with zero attached hydrogens (tertiary/aromatic N) is 4. The van der Waals surface area contributed by atoms with Crippen LogP contribution >= 0.6 is 27.5 Å². The van der Waals surface area contributed by atoms with E-state index in [0.717, 1.165) is 0 Å². The van der Waals surface area contributed by atoms with Gasteiger partial charge in [0, 0.05) is 25.8 Å². The lowest BCUT2D eigenvalue weighted by molar-refractivity contribution is -0.124. The van der Waals surface area contributed by atoms with Gasteiger partial charge < -0.3 is 9.47 Å². The van der Waals surface area contributed by atoms with Crippen LogP contribution in [0.25, 0.3) is 0 Å². The SMILES string of the molecule is C=C(/C=C(/Cl)C(=O)N(C)C)N1C(=O)c2cc(Br)n(C(C)C)c2C1c1ccc(C#N)c(F)c1. The second kappa shape index (κ2) is 8.93. The first-order valence-corrected chi connectivity index (χ1v) is 10.9. The van der Waals surface area contributed by atoms with Gasteiger partial charge in [-0.25, -0.2) is 4.39 Å². The van der Waals surface area contributed by atoms with E-state index in [9.17, 15) is 14.0 Å². The van der Waals surface area contributed by atoms with Crippen molar-refractivity contribution in [3.05, 3.63) is 80.5 Å². The van der Waals surface area contributed by atoms with Crippen LogP contribution in [-0.4, -0.2) is 40.3 Å². The van der Waals surface area contributed by atoms with Crippen LogP contribution < -0.4 is 0 Å². The molecule has 2 aromatic rings. The molecule has 1 aromatic heterocycles. The zero-order valence-electron chi connectivity index (χ0n) is 18.0. The van der Waals surface area contributed by atoms with Crippen LogP contribution in [0.2, 0.25) is 0 Å². The molecule has 1 aliphatic rings. The van der Waals surface area contributed by atoms with E-state index in [-0.39, 0.29) is 28.2 Å². The summed E-state index contributed by atoms with van der Waals surface area (Å²) in [7, 11) is 3.12. The fraction of sp³-hybridized carbons (Fsp3) is 0.261. The molecular formula is C23H21BrClFN4O2. The number of hydrogen-bond acceptors (Lipinski definition) is 3. The standard InChI is InChI=1S/C23H21BrClFN4O2/c1-12(2)29-19(24)10-16-21(29)20(14-6-7-15(11-27)18(26)9-14)30(22(16)31)13(3)8-17(25)23(32)28(4)5/h6-10,12,20H,3H2,1-2,4-5H3/b17-8+. The van der Waals surface area contributed by atoms with E-state index in [1.165, 1.54) is 28.0 Å². The molecule has 9 heteroatoms. The second-order valence-electron chi connectivity index (χ2n) is 7.84. The minimum Gasteiger partial charge on any atom is -0.344 e. The van der Waals surface area contributed by atoms with E-state index >= 15 is 0 Å². The predicted octanol–water partition coefficient (Wildman–Crippen LogP) is 5.11. The van der Waals surface area contributed by atoms with Gasteiger partial charge in [-0.05, 0) is 59.6 Å². The number of likely N-dealkylation sites (N-methyl/N-ethyl adjacent to an activating group) is 1. The largest absolute Gasteiger partial charge is 0.344 e. The van der Waals surface area contributed by atoms with Crippen molar-refractivity contribution in [2.45, 2.75) is 25.9 Å². The summed E-state index contributed by atoms with van der Waals surface area (Å²) in [6, 6.07) is 7.02. The zero-order chi connectivity index (χ0) is 23.9. The number of aromatic nitrogens is 1. The van der Waals surface area contributed by atoms with Gasteiger partial charge in [-0.15, -0.1) is 0 Å². The van der Waals surface area contributed by atoms with Crippen molar-refractivity contribution in [2.24, 2.45) is 0 Å². The Bertz CT molecular complexity index is 1210. The van der Waals surface area contributed by atoms with Crippen molar-refractivity contribution >= 4 is 39.3 Å². The molecule has 32 heavy (non-hydrogen) atoms.